The second-order valence-corrected chi connectivity index (χ2v) is 6.04. The van der Waals surface area contributed by atoms with Crippen LogP contribution in [0.4, 0.5) is 11.4 Å². The van der Waals surface area contributed by atoms with E-state index in [1.54, 1.807) is 0 Å². The number of aliphatic carboxylic acids is 1. The second-order valence-electron chi connectivity index (χ2n) is 6.04. The van der Waals surface area contributed by atoms with Gasteiger partial charge in [0.15, 0.2) is 0 Å². The van der Waals surface area contributed by atoms with Crippen molar-refractivity contribution in [1.82, 2.24) is 0 Å². The molecule has 0 spiro atoms. The van der Waals surface area contributed by atoms with Crippen LogP contribution in [0.1, 0.15) is 37.0 Å². The number of anilines is 2. The molecular formula is C24H26N2O2. The predicted octanol–water partition coefficient (Wildman–Crippen LogP) is 5.89. The van der Waals surface area contributed by atoms with Crippen molar-refractivity contribution in [2.45, 2.75) is 26.7 Å². The fraction of sp³-hybridized carbons (Fsp3) is 0.167. The van der Waals surface area contributed by atoms with Gasteiger partial charge < -0.3 is 10.4 Å². The summed E-state index contributed by atoms with van der Waals surface area (Å²) in [5.41, 5.74) is 5.04. The molecular weight excluding hydrogens is 348 g/mol. The molecule has 0 aliphatic carbocycles. The second kappa shape index (κ2) is 10.7. The lowest BCUT2D eigenvalue weighted by atomic mass is 10.0. The van der Waals surface area contributed by atoms with Gasteiger partial charge in [0.25, 0.3) is 0 Å². The van der Waals surface area contributed by atoms with E-state index in [-0.39, 0.29) is 6.42 Å². The highest BCUT2D eigenvalue weighted by Gasteiger charge is 2.05. The summed E-state index contributed by atoms with van der Waals surface area (Å²) < 4.78 is 0. The maximum absolute atomic E-state index is 10.6. The first-order valence-corrected chi connectivity index (χ1v) is 9.44. The molecule has 0 atom stereocenters. The molecule has 0 heterocycles. The molecule has 0 saturated heterocycles. The van der Waals surface area contributed by atoms with E-state index in [0.717, 1.165) is 28.1 Å². The number of aryl methyl sites for hydroxylation is 1. The molecule has 0 bridgehead atoms. The molecule has 0 aliphatic heterocycles. The van der Waals surface area contributed by atoms with E-state index in [0.29, 0.717) is 12.1 Å². The van der Waals surface area contributed by atoms with Gasteiger partial charge in [-0.25, -0.2) is 0 Å². The standard InChI is InChI=1S/C22H20N2O2.C2H6/c23-22(17-5-2-1-3-6-17)18-7-4-8-20(15-18)24-19-12-9-16(10-13-19)11-14-21(25)26;1-2/h1-10,12-13,15,23-24H,11,14H2,(H,25,26);1-2H3. The van der Waals surface area contributed by atoms with Gasteiger partial charge in [-0.15, -0.1) is 0 Å². The van der Waals surface area contributed by atoms with E-state index < -0.39 is 5.97 Å². The third-order valence-corrected chi connectivity index (χ3v) is 4.08. The Bertz CT molecular complexity index is 903. The molecule has 144 valence electrons. The SMILES string of the molecule is CC.N=C(c1ccccc1)c1cccc(Nc2ccc(CCC(=O)O)cc2)c1. The minimum atomic E-state index is -0.787. The molecule has 0 aromatic heterocycles. The van der Waals surface area contributed by atoms with Gasteiger partial charge in [-0.2, -0.15) is 0 Å². The summed E-state index contributed by atoms with van der Waals surface area (Å²) in [7, 11) is 0. The van der Waals surface area contributed by atoms with Gasteiger partial charge in [-0.1, -0.05) is 68.4 Å². The third-order valence-electron chi connectivity index (χ3n) is 4.08. The number of hydrogen-bond acceptors (Lipinski definition) is 3. The minimum Gasteiger partial charge on any atom is -0.481 e. The smallest absolute Gasteiger partial charge is 0.303 e. The van der Waals surface area contributed by atoms with Gasteiger partial charge in [0.1, 0.15) is 0 Å². The van der Waals surface area contributed by atoms with Crippen LogP contribution in [-0.4, -0.2) is 16.8 Å². The Morgan fingerprint density at radius 2 is 1.50 bits per heavy atom. The average Bonchev–Trinajstić information content (AvgIpc) is 2.75. The average molecular weight is 374 g/mol. The molecule has 3 N–H and O–H groups in total. The summed E-state index contributed by atoms with van der Waals surface area (Å²) in [5, 5.41) is 20.5. The summed E-state index contributed by atoms with van der Waals surface area (Å²) in [5.74, 6) is -0.787. The quantitative estimate of drug-likeness (QED) is 0.451. The Kier molecular flexibility index (Phi) is 7.97. The van der Waals surface area contributed by atoms with Crippen LogP contribution in [-0.2, 0) is 11.2 Å². The maximum atomic E-state index is 10.6. The lowest BCUT2D eigenvalue weighted by molar-refractivity contribution is -0.136. The van der Waals surface area contributed by atoms with Crippen molar-refractivity contribution < 1.29 is 9.90 Å². The highest BCUT2D eigenvalue weighted by molar-refractivity contribution is 6.11. The van der Waals surface area contributed by atoms with Crippen LogP contribution in [0.25, 0.3) is 0 Å². The molecule has 28 heavy (non-hydrogen) atoms. The van der Waals surface area contributed by atoms with Crippen LogP contribution in [0.5, 0.6) is 0 Å². The lowest BCUT2D eigenvalue weighted by Gasteiger charge is -2.10. The molecule has 4 nitrogen and oxygen atoms in total. The van der Waals surface area contributed by atoms with Crippen molar-refractivity contribution in [2.75, 3.05) is 5.32 Å². The van der Waals surface area contributed by atoms with E-state index in [9.17, 15) is 4.79 Å². The minimum absolute atomic E-state index is 0.135. The van der Waals surface area contributed by atoms with Crippen LogP contribution >= 0.6 is 0 Å². The lowest BCUT2D eigenvalue weighted by Crippen LogP contribution is -2.02. The monoisotopic (exact) mass is 374 g/mol. The molecule has 0 amide bonds. The zero-order chi connectivity index (χ0) is 20.4. The van der Waals surface area contributed by atoms with Crippen molar-refractivity contribution >= 4 is 23.1 Å². The zero-order valence-corrected chi connectivity index (χ0v) is 16.3. The molecule has 0 fully saturated rings. The van der Waals surface area contributed by atoms with E-state index >= 15 is 0 Å². The van der Waals surface area contributed by atoms with Gasteiger partial charge in [0.05, 0.1) is 5.71 Å². The normalized spacial score (nSPS) is 9.79. The largest absolute Gasteiger partial charge is 0.481 e. The summed E-state index contributed by atoms with van der Waals surface area (Å²) in [6.07, 6.45) is 0.662. The topological polar surface area (TPSA) is 73.2 Å². The first-order valence-electron chi connectivity index (χ1n) is 9.44. The maximum Gasteiger partial charge on any atom is 0.303 e. The highest BCUT2D eigenvalue weighted by atomic mass is 16.4. The fourth-order valence-corrected chi connectivity index (χ4v) is 2.70. The molecule has 3 rings (SSSR count). The molecule has 0 radical (unpaired) electrons. The number of rotatable bonds is 7. The number of nitrogens with one attached hydrogen (secondary N) is 2. The molecule has 0 aliphatic rings. The number of hydrogen-bond donors (Lipinski definition) is 3. The zero-order valence-electron chi connectivity index (χ0n) is 16.3. The Balaban J connectivity index is 0.00000136. The summed E-state index contributed by atoms with van der Waals surface area (Å²) in [6.45, 7) is 4.00. The van der Waals surface area contributed by atoms with Crippen LogP contribution in [0.2, 0.25) is 0 Å². The van der Waals surface area contributed by atoms with Crippen LogP contribution < -0.4 is 5.32 Å². The molecule has 4 heteroatoms. The van der Waals surface area contributed by atoms with Gasteiger partial charge in [-0.05, 0) is 41.8 Å². The van der Waals surface area contributed by atoms with E-state index in [4.69, 9.17) is 10.5 Å². The van der Waals surface area contributed by atoms with Crippen LogP contribution in [0.15, 0.2) is 78.9 Å². The van der Waals surface area contributed by atoms with Crippen molar-refractivity contribution in [3.05, 3.63) is 95.6 Å². The van der Waals surface area contributed by atoms with Crippen molar-refractivity contribution in [3.63, 3.8) is 0 Å². The van der Waals surface area contributed by atoms with Crippen molar-refractivity contribution in [3.8, 4) is 0 Å². The number of benzene rings is 3. The summed E-state index contributed by atoms with van der Waals surface area (Å²) >= 11 is 0. The number of carboxylic acids is 1. The van der Waals surface area contributed by atoms with E-state index in [2.05, 4.69) is 5.32 Å². The molecule has 0 unspecified atom stereocenters. The van der Waals surface area contributed by atoms with Crippen LogP contribution in [0.3, 0.4) is 0 Å². The molecule has 3 aromatic carbocycles. The summed E-state index contributed by atoms with van der Waals surface area (Å²) in [6, 6.07) is 25.2. The van der Waals surface area contributed by atoms with Gasteiger partial charge in [0, 0.05) is 23.4 Å². The number of carbonyl (C=O) groups is 1. The van der Waals surface area contributed by atoms with Gasteiger partial charge >= 0.3 is 5.97 Å². The first kappa shape index (κ1) is 20.9. The molecule has 3 aromatic rings. The van der Waals surface area contributed by atoms with Gasteiger partial charge in [-0.3, -0.25) is 10.2 Å². The Morgan fingerprint density at radius 1 is 0.857 bits per heavy atom. The van der Waals surface area contributed by atoms with E-state index in [1.807, 2.05) is 92.7 Å². The molecule has 0 saturated carbocycles. The highest BCUT2D eigenvalue weighted by Crippen LogP contribution is 2.20. The predicted molar refractivity (Wildman–Crippen MR) is 116 cm³/mol. The Morgan fingerprint density at radius 3 is 2.14 bits per heavy atom. The summed E-state index contributed by atoms with van der Waals surface area (Å²) in [4.78, 5) is 10.6. The van der Waals surface area contributed by atoms with E-state index in [1.165, 1.54) is 0 Å². The third kappa shape index (κ3) is 6.09. The Hall–Kier alpha value is -3.40. The van der Waals surface area contributed by atoms with Crippen molar-refractivity contribution in [2.24, 2.45) is 0 Å². The number of carboxylic acid groups (broad SMARTS) is 1. The van der Waals surface area contributed by atoms with Crippen LogP contribution in [0, 0.1) is 5.41 Å². The van der Waals surface area contributed by atoms with Crippen molar-refractivity contribution in [1.29, 1.82) is 5.41 Å². The Labute approximate surface area is 166 Å². The fourth-order valence-electron chi connectivity index (χ4n) is 2.70. The first-order chi connectivity index (χ1) is 13.6. The van der Waals surface area contributed by atoms with Gasteiger partial charge in [0.2, 0.25) is 0 Å².